The van der Waals surface area contributed by atoms with Crippen LogP contribution in [-0.4, -0.2) is 10.3 Å². The highest BCUT2D eigenvalue weighted by atomic mass is 19.1. The Bertz CT molecular complexity index is 488. The molecule has 1 heterocycles. The van der Waals surface area contributed by atoms with Crippen LogP contribution < -0.4 is 5.73 Å². The number of halogens is 2. The molecule has 0 amide bonds. The van der Waals surface area contributed by atoms with Gasteiger partial charge in [-0.15, -0.1) is 0 Å². The fourth-order valence-corrected chi connectivity index (χ4v) is 1.26. The molecule has 6 heteroatoms. The third-order valence-corrected chi connectivity index (χ3v) is 1.90. The number of nitrogen functional groups attached to an aromatic ring is 1. The fraction of sp³-hybridized carbons (Fsp3) is 0. The number of rotatable bonds is 1. The number of phenols is 1. The van der Waals surface area contributed by atoms with E-state index in [9.17, 15) is 13.9 Å². The van der Waals surface area contributed by atoms with Crippen molar-refractivity contribution < 1.29 is 18.4 Å². The number of hydrogen-bond donors (Lipinski definition) is 2. The summed E-state index contributed by atoms with van der Waals surface area (Å²) < 4.78 is 30.5. The van der Waals surface area contributed by atoms with Crippen LogP contribution in [-0.2, 0) is 0 Å². The van der Waals surface area contributed by atoms with Gasteiger partial charge in [0.15, 0.2) is 0 Å². The van der Waals surface area contributed by atoms with Crippen molar-refractivity contribution in [1.82, 2.24) is 5.16 Å². The molecule has 0 fully saturated rings. The number of hydrogen-bond acceptors (Lipinski definition) is 4. The van der Waals surface area contributed by atoms with E-state index in [2.05, 4.69) is 9.68 Å². The second kappa shape index (κ2) is 3.23. The van der Waals surface area contributed by atoms with Crippen molar-refractivity contribution in [3.05, 3.63) is 30.0 Å². The Morgan fingerprint density at radius 3 is 2.60 bits per heavy atom. The van der Waals surface area contributed by atoms with Crippen molar-refractivity contribution >= 4 is 5.88 Å². The summed E-state index contributed by atoms with van der Waals surface area (Å²) >= 11 is 0. The van der Waals surface area contributed by atoms with E-state index in [0.717, 1.165) is 12.3 Å². The maximum Gasteiger partial charge on any atom is 0.230 e. The molecule has 1 aromatic heterocycles. The summed E-state index contributed by atoms with van der Waals surface area (Å²) in [4.78, 5) is 0. The first-order chi connectivity index (χ1) is 7.09. The van der Waals surface area contributed by atoms with Gasteiger partial charge in [-0.3, -0.25) is 0 Å². The van der Waals surface area contributed by atoms with Crippen LogP contribution in [0.2, 0.25) is 0 Å². The maximum atomic E-state index is 13.3. The number of benzene rings is 1. The van der Waals surface area contributed by atoms with Crippen LogP contribution in [0.1, 0.15) is 0 Å². The summed E-state index contributed by atoms with van der Waals surface area (Å²) in [5.74, 6) is -2.50. The van der Waals surface area contributed by atoms with E-state index < -0.39 is 17.4 Å². The summed E-state index contributed by atoms with van der Waals surface area (Å²) in [6, 6.07) is 1.42. The number of nitrogens with zero attached hydrogens (tertiary/aromatic N) is 1. The molecule has 2 rings (SSSR count). The summed E-state index contributed by atoms with van der Waals surface area (Å²) in [5.41, 5.74) is 5.21. The number of aromatic nitrogens is 1. The molecular formula is C9H6F2N2O2. The number of anilines is 1. The molecule has 0 atom stereocenters. The van der Waals surface area contributed by atoms with Gasteiger partial charge in [-0.1, -0.05) is 5.16 Å². The van der Waals surface area contributed by atoms with Crippen LogP contribution in [0.15, 0.2) is 22.9 Å². The van der Waals surface area contributed by atoms with Gasteiger partial charge in [-0.05, 0) is 0 Å². The zero-order valence-corrected chi connectivity index (χ0v) is 7.37. The van der Waals surface area contributed by atoms with Gasteiger partial charge in [0.25, 0.3) is 0 Å². The molecule has 0 saturated heterocycles. The Balaban J connectivity index is 2.68. The van der Waals surface area contributed by atoms with Gasteiger partial charge >= 0.3 is 0 Å². The highest BCUT2D eigenvalue weighted by molar-refractivity contribution is 5.77. The smallest absolute Gasteiger partial charge is 0.230 e. The molecule has 0 saturated carbocycles. The molecule has 4 nitrogen and oxygen atoms in total. The third-order valence-electron chi connectivity index (χ3n) is 1.90. The van der Waals surface area contributed by atoms with Crippen molar-refractivity contribution in [2.24, 2.45) is 0 Å². The monoisotopic (exact) mass is 212 g/mol. The molecule has 0 radical (unpaired) electrons. The second-order valence-electron chi connectivity index (χ2n) is 2.89. The fourth-order valence-electron chi connectivity index (χ4n) is 1.26. The normalized spacial score (nSPS) is 10.5. The highest BCUT2D eigenvalue weighted by Crippen LogP contribution is 2.35. The molecule has 78 valence electrons. The first kappa shape index (κ1) is 9.45. The third kappa shape index (κ3) is 1.50. The molecule has 2 aromatic rings. The van der Waals surface area contributed by atoms with E-state index in [-0.39, 0.29) is 17.0 Å². The molecule has 0 spiro atoms. The van der Waals surface area contributed by atoms with Gasteiger partial charge in [0.1, 0.15) is 17.4 Å². The minimum absolute atomic E-state index is 0.0880. The summed E-state index contributed by atoms with van der Waals surface area (Å²) in [6.45, 7) is 0. The van der Waals surface area contributed by atoms with Gasteiger partial charge in [-0.2, -0.15) is 0 Å². The topological polar surface area (TPSA) is 72.3 Å². The lowest BCUT2D eigenvalue weighted by Crippen LogP contribution is -1.90. The van der Waals surface area contributed by atoms with Crippen LogP contribution in [0.3, 0.4) is 0 Å². The maximum absolute atomic E-state index is 13.3. The Kier molecular flexibility index (Phi) is 2.03. The summed E-state index contributed by atoms with van der Waals surface area (Å²) in [5, 5.41) is 12.7. The van der Waals surface area contributed by atoms with Crippen molar-refractivity contribution in [1.29, 1.82) is 0 Å². The van der Waals surface area contributed by atoms with E-state index in [0.29, 0.717) is 6.07 Å². The Morgan fingerprint density at radius 2 is 2.07 bits per heavy atom. The van der Waals surface area contributed by atoms with Crippen molar-refractivity contribution in [3.63, 3.8) is 0 Å². The van der Waals surface area contributed by atoms with Crippen LogP contribution in [0.25, 0.3) is 11.1 Å². The summed E-state index contributed by atoms with van der Waals surface area (Å²) in [6.07, 6.45) is 1.14. The van der Waals surface area contributed by atoms with Crippen LogP contribution in [0, 0.1) is 11.6 Å². The lowest BCUT2D eigenvalue weighted by atomic mass is 10.1. The summed E-state index contributed by atoms with van der Waals surface area (Å²) in [7, 11) is 0. The highest BCUT2D eigenvalue weighted by Gasteiger charge is 2.17. The quantitative estimate of drug-likeness (QED) is 0.757. The first-order valence-electron chi connectivity index (χ1n) is 3.98. The van der Waals surface area contributed by atoms with Gasteiger partial charge in [0.05, 0.1) is 17.3 Å². The largest absolute Gasteiger partial charge is 0.507 e. The lowest BCUT2D eigenvalue weighted by Gasteiger charge is -2.03. The van der Waals surface area contributed by atoms with Gasteiger partial charge in [0.2, 0.25) is 5.88 Å². The lowest BCUT2D eigenvalue weighted by molar-refractivity contribution is 0.436. The van der Waals surface area contributed by atoms with Gasteiger partial charge in [-0.25, -0.2) is 8.78 Å². The van der Waals surface area contributed by atoms with Crippen molar-refractivity contribution in [2.45, 2.75) is 0 Å². The predicted molar refractivity (Wildman–Crippen MR) is 47.9 cm³/mol. The number of phenolic OH excluding ortho intramolecular Hbond substituents is 1. The average molecular weight is 212 g/mol. The van der Waals surface area contributed by atoms with Crippen LogP contribution >= 0.6 is 0 Å². The molecule has 1 aromatic carbocycles. The number of nitrogens with two attached hydrogens (primary N) is 1. The van der Waals surface area contributed by atoms with Crippen molar-refractivity contribution in [3.8, 4) is 16.9 Å². The molecule has 0 aliphatic carbocycles. The predicted octanol–water partition coefficient (Wildman–Crippen LogP) is 1.91. The van der Waals surface area contributed by atoms with Gasteiger partial charge < -0.3 is 15.4 Å². The van der Waals surface area contributed by atoms with E-state index >= 15 is 0 Å². The molecule has 0 bridgehead atoms. The molecular weight excluding hydrogens is 206 g/mol. The van der Waals surface area contributed by atoms with Crippen LogP contribution in [0.5, 0.6) is 5.75 Å². The van der Waals surface area contributed by atoms with Crippen LogP contribution in [0.4, 0.5) is 14.7 Å². The van der Waals surface area contributed by atoms with E-state index in [1.54, 1.807) is 0 Å². The zero-order chi connectivity index (χ0) is 11.0. The standard InChI is InChI=1S/C9H6F2N2O2/c10-4-1-6(11)8(7(14)2-4)5-3-13-15-9(5)12/h1-3,14H,12H2. The Labute approximate surface area is 82.9 Å². The minimum Gasteiger partial charge on any atom is -0.507 e. The average Bonchev–Trinajstić information content (AvgIpc) is 2.50. The first-order valence-corrected chi connectivity index (χ1v) is 3.98. The minimum atomic E-state index is -0.928. The van der Waals surface area contributed by atoms with E-state index in [1.165, 1.54) is 0 Å². The molecule has 0 aliphatic rings. The van der Waals surface area contributed by atoms with Gasteiger partial charge in [0, 0.05) is 12.1 Å². The Morgan fingerprint density at radius 1 is 1.33 bits per heavy atom. The van der Waals surface area contributed by atoms with Crippen molar-refractivity contribution in [2.75, 3.05) is 5.73 Å². The molecule has 3 N–H and O–H groups in total. The SMILES string of the molecule is Nc1oncc1-c1c(O)cc(F)cc1F. The Hall–Kier alpha value is -2.11. The molecule has 0 aliphatic heterocycles. The van der Waals surface area contributed by atoms with E-state index in [4.69, 9.17) is 5.73 Å². The van der Waals surface area contributed by atoms with E-state index in [1.807, 2.05) is 0 Å². The second-order valence-corrected chi connectivity index (χ2v) is 2.89. The molecule has 15 heavy (non-hydrogen) atoms. The zero-order valence-electron chi connectivity index (χ0n) is 7.37. The number of aromatic hydroxyl groups is 1. The molecule has 0 unspecified atom stereocenters.